The van der Waals surface area contributed by atoms with Gasteiger partial charge in [-0.2, -0.15) is 0 Å². The zero-order valence-corrected chi connectivity index (χ0v) is 11.1. The minimum absolute atomic E-state index is 0.0588. The Hall–Kier alpha value is -1.10. The maximum atomic E-state index is 12.0. The molecule has 2 aliphatic rings. The summed E-state index contributed by atoms with van der Waals surface area (Å²) in [5.74, 6) is -1.24. The summed E-state index contributed by atoms with van der Waals surface area (Å²) in [6.45, 7) is 4.72. The van der Waals surface area contributed by atoms with Gasteiger partial charge in [-0.25, -0.2) is 0 Å². The Morgan fingerprint density at radius 1 is 1.22 bits per heavy atom. The zero-order chi connectivity index (χ0) is 13.3. The van der Waals surface area contributed by atoms with Crippen LogP contribution in [0.4, 0.5) is 0 Å². The van der Waals surface area contributed by atoms with Gasteiger partial charge in [-0.1, -0.05) is 13.8 Å². The Balaban J connectivity index is 2.00. The van der Waals surface area contributed by atoms with E-state index in [1.165, 1.54) is 12.8 Å². The molecule has 5 nitrogen and oxygen atoms in total. The van der Waals surface area contributed by atoms with Crippen molar-refractivity contribution in [3.63, 3.8) is 0 Å². The van der Waals surface area contributed by atoms with Crippen molar-refractivity contribution in [2.45, 2.75) is 45.2 Å². The number of carboxylic acid groups (broad SMARTS) is 1. The molecule has 1 saturated carbocycles. The van der Waals surface area contributed by atoms with Gasteiger partial charge in [0.15, 0.2) is 0 Å². The molecular formula is C13H22N2O3. The van der Waals surface area contributed by atoms with E-state index in [1.807, 2.05) is 13.8 Å². The molecule has 0 spiro atoms. The first kappa shape index (κ1) is 13.3. The van der Waals surface area contributed by atoms with Crippen LogP contribution in [0, 0.1) is 11.8 Å². The lowest BCUT2D eigenvalue weighted by Gasteiger charge is -2.37. The Morgan fingerprint density at radius 3 is 2.39 bits per heavy atom. The maximum absolute atomic E-state index is 12.0. The smallest absolute Gasteiger partial charge is 0.308 e. The summed E-state index contributed by atoms with van der Waals surface area (Å²) >= 11 is 0. The van der Waals surface area contributed by atoms with Gasteiger partial charge in [0.2, 0.25) is 5.91 Å². The molecule has 1 amide bonds. The lowest BCUT2D eigenvalue weighted by molar-refractivity contribution is -0.147. The number of hydrogen-bond donors (Lipinski definition) is 2. The molecule has 5 heteroatoms. The van der Waals surface area contributed by atoms with E-state index in [9.17, 15) is 14.7 Å². The van der Waals surface area contributed by atoms with Crippen LogP contribution in [-0.4, -0.2) is 47.1 Å². The van der Waals surface area contributed by atoms with E-state index in [1.54, 1.807) is 4.90 Å². The minimum Gasteiger partial charge on any atom is -0.481 e. The van der Waals surface area contributed by atoms with Gasteiger partial charge in [-0.05, 0) is 19.3 Å². The molecule has 2 unspecified atom stereocenters. The number of carbonyl (C=O) groups is 2. The van der Waals surface area contributed by atoms with Crippen LogP contribution in [0.3, 0.4) is 0 Å². The number of carboxylic acids is 1. The first-order chi connectivity index (χ1) is 8.47. The molecule has 18 heavy (non-hydrogen) atoms. The van der Waals surface area contributed by atoms with Crippen LogP contribution in [0.1, 0.15) is 33.1 Å². The van der Waals surface area contributed by atoms with Crippen molar-refractivity contribution >= 4 is 11.9 Å². The molecule has 0 bridgehead atoms. The molecule has 1 aliphatic heterocycles. The third-order valence-corrected chi connectivity index (χ3v) is 3.65. The van der Waals surface area contributed by atoms with Gasteiger partial charge >= 0.3 is 5.97 Å². The molecular weight excluding hydrogens is 232 g/mol. The van der Waals surface area contributed by atoms with Crippen molar-refractivity contribution in [3.05, 3.63) is 0 Å². The molecule has 0 aromatic rings. The number of amides is 1. The number of hydrogen-bond acceptors (Lipinski definition) is 3. The Labute approximate surface area is 108 Å². The van der Waals surface area contributed by atoms with E-state index in [0.717, 1.165) is 0 Å². The van der Waals surface area contributed by atoms with E-state index in [-0.39, 0.29) is 17.9 Å². The molecule has 1 saturated heterocycles. The highest BCUT2D eigenvalue weighted by Gasteiger charge is 2.36. The summed E-state index contributed by atoms with van der Waals surface area (Å²) in [4.78, 5) is 24.9. The summed E-state index contributed by atoms with van der Waals surface area (Å²) in [6.07, 6.45) is 2.98. The third kappa shape index (κ3) is 3.22. The standard InChI is InChI=1S/C13H22N2O3/c1-8(2)12(16)15-6-9(13(17)18)5-11(7-15)14-10-3-4-10/h8-11,14H,3-7H2,1-2H3,(H,17,18). The van der Waals surface area contributed by atoms with Gasteiger partial charge in [0.05, 0.1) is 5.92 Å². The minimum atomic E-state index is -0.793. The summed E-state index contributed by atoms with van der Waals surface area (Å²) in [6, 6.07) is 0.675. The molecule has 2 atom stereocenters. The monoisotopic (exact) mass is 254 g/mol. The average Bonchev–Trinajstić information content (AvgIpc) is 3.11. The first-order valence-electron chi connectivity index (χ1n) is 6.75. The van der Waals surface area contributed by atoms with Gasteiger partial charge in [0.1, 0.15) is 0 Å². The fraction of sp³-hybridized carbons (Fsp3) is 0.846. The van der Waals surface area contributed by atoms with Crippen LogP contribution in [-0.2, 0) is 9.59 Å². The third-order valence-electron chi connectivity index (χ3n) is 3.65. The molecule has 0 radical (unpaired) electrons. The average molecular weight is 254 g/mol. The van der Waals surface area contributed by atoms with Crippen molar-refractivity contribution in [3.8, 4) is 0 Å². The Bertz CT molecular complexity index is 339. The molecule has 0 aromatic heterocycles. The summed E-state index contributed by atoms with van der Waals surface area (Å²) in [5, 5.41) is 12.6. The number of piperidine rings is 1. The normalized spacial score (nSPS) is 28.5. The topological polar surface area (TPSA) is 69.6 Å². The van der Waals surface area contributed by atoms with Crippen molar-refractivity contribution < 1.29 is 14.7 Å². The SMILES string of the molecule is CC(C)C(=O)N1CC(NC2CC2)CC(C(=O)O)C1. The second kappa shape index (κ2) is 5.26. The van der Waals surface area contributed by atoms with E-state index in [4.69, 9.17) is 0 Å². The highest BCUT2D eigenvalue weighted by Crippen LogP contribution is 2.24. The molecule has 2 fully saturated rings. The quantitative estimate of drug-likeness (QED) is 0.774. The molecule has 1 heterocycles. The van der Waals surface area contributed by atoms with E-state index in [2.05, 4.69) is 5.32 Å². The lowest BCUT2D eigenvalue weighted by Crippen LogP contribution is -2.54. The van der Waals surface area contributed by atoms with E-state index < -0.39 is 11.9 Å². The fourth-order valence-electron chi connectivity index (χ4n) is 2.53. The van der Waals surface area contributed by atoms with Crippen LogP contribution in [0.25, 0.3) is 0 Å². The van der Waals surface area contributed by atoms with E-state index >= 15 is 0 Å². The predicted molar refractivity (Wildman–Crippen MR) is 67.1 cm³/mol. The second-order valence-electron chi connectivity index (χ2n) is 5.81. The van der Waals surface area contributed by atoms with Crippen LogP contribution >= 0.6 is 0 Å². The second-order valence-corrected chi connectivity index (χ2v) is 5.81. The Kier molecular flexibility index (Phi) is 3.90. The summed E-state index contributed by atoms with van der Waals surface area (Å²) < 4.78 is 0. The fourth-order valence-corrected chi connectivity index (χ4v) is 2.53. The van der Waals surface area contributed by atoms with Gasteiger partial charge in [0.25, 0.3) is 0 Å². The number of carbonyl (C=O) groups excluding carboxylic acids is 1. The van der Waals surface area contributed by atoms with E-state index in [0.29, 0.717) is 25.6 Å². The number of aliphatic carboxylic acids is 1. The van der Waals surface area contributed by atoms with Crippen molar-refractivity contribution in [2.24, 2.45) is 11.8 Å². The molecule has 1 aliphatic carbocycles. The molecule has 102 valence electrons. The predicted octanol–water partition coefficient (Wildman–Crippen LogP) is 0.696. The van der Waals surface area contributed by atoms with Gasteiger partial charge in [-0.3, -0.25) is 9.59 Å². The lowest BCUT2D eigenvalue weighted by atomic mass is 9.93. The first-order valence-corrected chi connectivity index (χ1v) is 6.75. The maximum Gasteiger partial charge on any atom is 0.308 e. The van der Waals surface area contributed by atoms with Crippen molar-refractivity contribution in [2.75, 3.05) is 13.1 Å². The van der Waals surface area contributed by atoms with Gasteiger partial charge in [-0.15, -0.1) is 0 Å². The molecule has 2 N–H and O–H groups in total. The molecule has 0 aromatic carbocycles. The number of nitrogens with one attached hydrogen (secondary N) is 1. The highest BCUT2D eigenvalue weighted by molar-refractivity contribution is 5.79. The number of nitrogens with zero attached hydrogens (tertiary/aromatic N) is 1. The Morgan fingerprint density at radius 2 is 1.89 bits per heavy atom. The van der Waals surface area contributed by atoms with Crippen LogP contribution in [0.2, 0.25) is 0 Å². The van der Waals surface area contributed by atoms with Gasteiger partial charge < -0.3 is 15.3 Å². The summed E-state index contributed by atoms with van der Waals surface area (Å²) in [7, 11) is 0. The van der Waals surface area contributed by atoms with Crippen molar-refractivity contribution in [1.82, 2.24) is 10.2 Å². The molecule has 2 rings (SSSR count). The largest absolute Gasteiger partial charge is 0.481 e. The number of likely N-dealkylation sites (tertiary alicyclic amines) is 1. The van der Waals surface area contributed by atoms with Crippen LogP contribution in [0.15, 0.2) is 0 Å². The zero-order valence-electron chi connectivity index (χ0n) is 11.1. The van der Waals surface area contributed by atoms with Crippen LogP contribution < -0.4 is 5.32 Å². The van der Waals surface area contributed by atoms with Gasteiger partial charge in [0, 0.05) is 31.1 Å². The summed E-state index contributed by atoms with van der Waals surface area (Å²) in [5.41, 5.74) is 0. The van der Waals surface area contributed by atoms with Crippen LogP contribution in [0.5, 0.6) is 0 Å². The number of rotatable bonds is 4. The van der Waals surface area contributed by atoms with Crippen molar-refractivity contribution in [1.29, 1.82) is 0 Å². The highest BCUT2D eigenvalue weighted by atomic mass is 16.4.